The van der Waals surface area contributed by atoms with Gasteiger partial charge in [0, 0.05) is 31.3 Å². The minimum Gasteiger partial charge on any atom is -0.461 e. The Kier molecular flexibility index (Phi) is 4.76. The van der Waals surface area contributed by atoms with Crippen LogP contribution in [0, 0.1) is 5.92 Å². The Labute approximate surface area is 134 Å². The first kappa shape index (κ1) is 15.5. The summed E-state index contributed by atoms with van der Waals surface area (Å²) in [6, 6.07) is 0. The van der Waals surface area contributed by atoms with Crippen LogP contribution < -0.4 is 0 Å². The van der Waals surface area contributed by atoms with E-state index in [0.717, 1.165) is 25.1 Å². The second kappa shape index (κ2) is 6.77. The van der Waals surface area contributed by atoms with E-state index in [4.69, 9.17) is 4.74 Å². The van der Waals surface area contributed by atoms with Crippen molar-refractivity contribution in [1.29, 1.82) is 0 Å². The number of ether oxygens (including phenoxy) is 1. The minimum atomic E-state index is -0.271. The summed E-state index contributed by atoms with van der Waals surface area (Å²) in [5.41, 5.74) is 2.66. The second-order valence-corrected chi connectivity index (χ2v) is 7.00. The lowest BCUT2D eigenvalue weighted by atomic mass is 10.0. The SMILES string of the molecule is CCN1CC(COC(=O)c2scnc2C2CCCC2)CC1=O. The first-order valence-electron chi connectivity index (χ1n) is 8.07. The molecule has 22 heavy (non-hydrogen) atoms. The molecule has 1 unspecified atom stereocenters. The van der Waals surface area contributed by atoms with Crippen molar-refractivity contribution in [2.75, 3.05) is 19.7 Å². The Hall–Kier alpha value is -1.43. The van der Waals surface area contributed by atoms with Gasteiger partial charge in [-0.05, 0) is 19.8 Å². The summed E-state index contributed by atoms with van der Waals surface area (Å²) in [6.07, 6.45) is 5.15. The van der Waals surface area contributed by atoms with Crippen LogP contribution in [0.4, 0.5) is 0 Å². The number of rotatable bonds is 5. The first-order valence-corrected chi connectivity index (χ1v) is 8.95. The van der Waals surface area contributed by atoms with Gasteiger partial charge < -0.3 is 9.64 Å². The van der Waals surface area contributed by atoms with E-state index in [1.165, 1.54) is 24.2 Å². The Bertz CT molecular complexity index is 551. The standard InChI is InChI=1S/C16H22N2O3S/c1-2-18-8-11(7-13(18)19)9-21-16(20)15-14(17-10-22-15)12-5-3-4-6-12/h10-12H,2-9H2,1H3. The molecule has 0 radical (unpaired) electrons. The maximum atomic E-state index is 12.3. The molecule has 0 spiro atoms. The van der Waals surface area contributed by atoms with E-state index in [-0.39, 0.29) is 17.8 Å². The lowest BCUT2D eigenvalue weighted by Crippen LogP contribution is -2.25. The maximum absolute atomic E-state index is 12.3. The molecule has 1 aromatic rings. The van der Waals surface area contributed by atoms with E-state index in [1.54, 1.807) is 5.51 Å². The summed E-state index contributed by atoms with van der Waals surface area (Å²) in [6.45, 7) is 3.71. The van der Waals surface area contributed by atoms with Gasteiger partial charge in [0.2, 0.25) is 5.91 Å². The quantitative estimate of drug-likeness (QED) is 0.782. The Morgan fingerprint density at radius 3 is 2.91 bits per heavy atom. The topological polar surface area (TPSA) is 59.5 Å². The summed E-state index contributed by atoms with van der Waals surface area (Å²) in [7, 11) is 0. The number of likely N-dealkylation sites (tertiary alicyclic amines) is 1. The van der Waals surface area contributed by atoms with Crippen molar-refractivity contribution in [3.05, 3.63) is 16.1 Å². The van der Waals surface area contributed by atoms with Crippen LogP contribution in [-0.4, -0.2) is 41.5 Å². The molecule has 1 saturated carbocycles. The summed E-state index contributed by atoms with van der Waals surface area (Å²) in [4.78, 5) is 30.9. The van der Waals surface area contributed by atoms with Gasteiger partial charge >= 0.3 is 5.97 Å². The van der Waals surface area contributed by atoms with Gasteiger partial charge in [-0.15, -0.1) is 11.3 Å². The molecule has 1 aliphatic heterocycles. The van der Waals surface area contributed by atoms with Crippen LogP contribution in [0.5, 0.6) is 0 Å². The van der Waals surface area contributed by atoms with E-state index in [2.05, 4.69) is 4.98 Å². The fourth-order valence-electron chi connectivity index (χ4n) is 3.43. The number of hydrogen-bond donors (Lipinski definition) is 0. The first-order chi connectivity index (χ1) is 10.7. The van der Waals surface area contributed by atoms with Gasteiger partial charge in [-0.3, -0.25) is 4.79 Å². The van der Waals surface area contributed by atoms with Crippen molar-refractivity contribution in [1.82, 2.24) is 9.88 Å². The van der Waals surface area contributed by atoms with E-state index in [0.29, 0.717) is 30.4 Å². The predicted molar refractivity (Wildman–Crippen MR) is 84.0 cm³/mol. The van der Waals surface area contributed by atoms with Gasteiger partial charge in [0.1, 0.15) is 4.88 Å². The highest BCUT2D eigenvalue weighted by Crippen LogP contribution is 2.36. The van der Waals surface area contributed by atoms with Crippen molar-refractivity contribution in [2.45, 2.75) is 44.9 Å². The Morgan fingerprint density at radius 2 is 2.23 bits per heavy atom. The lowest BCUT2D eigenvalue weighted by Gasteiger charge is -2.14. The smallest absolute Gasteiger partial charge is 0.350 e. The highest BCUT2D eigenvalue weighted by molar-refractivity contribution is 7.11. The average molecular weight is 322 g/mol. The molecule has 5 nitrogen and oxygen atoms in total. The number of hydrogen-bond acceptors (Lipinski definition) is 5. The molecule has 1 aromatic heterocycles. The van der Waals surface area contributed by atoms with Crippen LogP contribution in [-0.2, 0) is 9.53 Å². The summed E-state index contributed by atoms with van der Waals surface area (Å²) in [5, 5.41) is 0. The molecule has 2 heterocycles. The number of carbonyl (C=O) groups excluding carboxylic acids is 2. The summed E-state index contributed by atoms with van der Waals surface area (Å²) >= 11 is 1.37. The van der Waals surface area contributed by atoms with Gasteiger partial charge in [0.25, 0.3) is 0 Å². The third kappa shape index (κ3) is 3.16. The summed E-state index contributed by atoms with van der Waals surface area (Å²) in [5.74, 6) is 0.427. The molecule has 0 bridgehead atoms. The molecule has 3 rings (SSSR count). The van der Waals surface area contributed by atoms with Gasteiger partial charge in [-0.1, -0.05) is 12.8 Å². The predicted octanol–water partition coefficient (Wildman–Crippen LogP) is 2.83. The van der Waals surface area contributed by atoms with Crippen molar-refractivity contribution >= 4 is 23.2 Å². The van der Waals surface area contributed by atoms with Crippen LogP contribution >= 0.6 is 11.3 Å². The van der Waals surface area contributed by atoms with E-state index < -0.39 is 0 Å². The lowest BCUT2D eigenvalue weighted by molar-refractivity contribution is -0.127. The largest absolute Gasteiger partial charge is 0.461 e. The molecular weight excluding hydrogens is 300 g/mol. The molecule has 1 amide bonds. The highest BCUT2D eigenvalue weighted by atomic mass is 32.1. The number of carbonyl (C=O) groups is 2. The molecule has 0 aromatic carbocycles. The van der Waals surface area contributed by atoms with Crippen molar-refractivity contribution in [3.8, 4) is 0 Å². The normalized spacial score (nSPS) is 22.5. The van der Waals surface area contributed by atoms with E-state index in [1.807, 2.05) is 11.8 Å². The second-order valence-electron chi connectivity index (χ2n) is 6.15. The van der Waals surface area contributed by atoms with E-state index >= 15 is 0 Å². The number of amides is 1. The zero-order valence-electron chi connectivity index (χ0n) is 12.9. The Balaban J connectivity index is 1.57. The molecule has 2 aliphatic rings. The van der Waals surface area contributed by atoms with Gasteiger partial charge in [0.05, 0.1) is 17.8 Å². The number of esters is 1. The van der Waals surface area contributed by atoms with Crippen LogP contribution in [0.25, 0.3) is 0 Å². The van der Waals surface area contributed by atoms with Crippen LogP contribution in [0.3, 0.4) is 0 Å². The van der Waals surface area contributed by atoms with E-state index in [9.17, 15) is 9.59 Å². The molecular formula is C16H22N2O3S. The van der Waals surface area contributed by atoms with Crippen molar-refractivity contribution in [2.24, 2.45) is 5.92 Å². The molecule has 120 valence electrons. The van der Waals surface area contributed by atoms with Crippen LogP contribution in [0.15, 0.2) is 5.51 Å². The monoisotopic (exact) mass is 322 g/mol. The van der Waals surface area contributed by atoms with Crippen molar-refractivity contribution in [3.63, 3.8) is 0 Å². The van der Waals surface area contributed by atoms with Crippen LogP contribution in [0.1, 0.15) is 60.3 Å². The molecule has 2 fully saturated rings. The van der Waals surface area contributed by atoms with Gasteiger partial charge in [-0.25, -0.2) is 9.78 Å². The third-order valence-corrected chi connectivity index (χ3v) is 5.47. The molecule has 1 saturated heterocycles. The maximum Gasteiger partial charge on any atom is 0.350 e. The molecule has 0 N–H and O–H groups in total. The summed E-state index contributed by atoms with van der Waals surface area (Å²) < 4.78 is 5.46. The fraction of sp³-hybridized carbons (Fsp3) is 0.688. The molecule has 1 atom stereocenters. The minimum absolute atomic E-state index is 0.124. The van der Waals surface area contributed by atoms with Gasteiger partial charge in [-0.2, -0.15) is 0 Å². The highest BCUT2D eigenvalue weighted by Gasteiger charge is 2.30. The third-order valence-electron chi connectivity index (χ3n) is 4.65. The Morgan fingerprint density at radius 1 is 1.45 bits per heavy atom. The zero-order valence-corrected chi connectivity index (χ0v) is 13.7. The zero-order chi connectivity index (χ0) is 15.5. The molecule has 6 heteroatoms. The average Bonchev–Trinajstić information content (AvgIpc) is 3.24. The molecule has 1 aliphatic carbocycles. The number of aromatic nitrogens is 1. The van der Waals surface area contributed by atoms with Crippen LogP contribution in [0.2, 0.25) is 0 Å². The number of thiazole rings is 1. The van der Waals surface area contributed by atoms with Crippen molar-refractivity contribution < 1.29 is 14.3 Å². The van der Waals surface area contributed by atoms with Gasteiger partial charge in [0.15, 0.2) is 0 Å². The number of nitrogens with zero attached hydrogens (tertiary/aromatic N) is 2. The fourth-order valence-corrected chi connectivity index (χ4v) is 4.19.